The Balaban J connectivity index is 1.74. The molecule has 0 radical (unpaired) electrons. The lowest BCUT2D eigenvalue weighted by molar-refractivity contribution is 0.173. The summed E-state index contributed by atoms with van der Waals surface area (Å²) in [6, 6.07) is 7.94. The Kier molecular flexibility index (Phi) is 5.74. The summed E-state index contributed by atoms with van der Waals surface area (Å²) in [4.78, 5) is 20.0. The van der Waals surface area contributed by atoms with Crippen LogP contribution in [0.5, 0.6) is 0 Å². The van der Waals surface area contributed by atoms with Crippen molar-refractivity contribution in [2.75, 3.05) is 6.54 Å². The first-order chi connectivity index (χ1) is 11.6. The van der Waals surface area contributed by atoms with Gasteiger partial charge in [0.05, 0.1) is 16.4 Å². The number of aromatic nitrogens is 1. The number of nitrogens with one attached hydrogen (secondary N) is 1. The van der Waals surface area contributed by atoms with E-state index in [1.54, 1.807) is 12.4 Å². The van der Waals surface area contributed by atoms with Crippen molar-refractivity contribution in [2.45, 2.75) is 44.7 Å². The van der Waals surface area contributed by atoms with Crippen molar-refractivity contribution in [3.8, 4) is 0 Å². The third-order valence-corrected chi connectivity index (χ3v) is 5.88. The molecule has 0 aliphatic carbocycles. The van der Waals surface area contributed by atoms with Gasteiger partial charge in [0, 0.05) is 23.8 Å². The van der Waals surface area contributed by atoms with E-state index in [0.29, 0.717) is 0 Å². The second-order valence-electron chi connectivity index (χ2n) is 6.15. The van der Waals surface area contributed by atoms with Crippen molar-refractivity contribution in [2.24, 2.45) is 0 Å². The molecule has 4 nitrogen and oxygen atoms in total. The molecule has 1 aliphatic rings. The van der Waals surface area contributed by atoms with Gasteiger partial charge in [0.1, 0.15) is 0 Å². The van der Waals surface area contributed by atoms with E-state index in [1.807, 2.05) is 36.1 Å². The van der Waals surface area contributed by atoms with Gasteiger partial charge < -0.3 is 10.2 Å². The minimum Gasteiger partial charge on any atom is -0.331 e. The highest BCUT2D eigenvalue weighted by Gasteiger charge is 2.27. The molecule has 0 spiro atoms. The van der Waals surface area contributed by atoms with Crippen molar-refractivity contribution in [1.29, 1.82) is 0 Å². The van der Waals surface area contributed by atoms with Crippen LogP contribution in [0, 0.1) is 0 Å². The summed E-state index contributed by atoms with van der Waals surface area (Å²) in [6.07, 6.45) is 7.96. The van der Waals surface area contributed by atoms with Gasteiger partial charge in [0.15, 0.2) is 0 Å². The van der Waals surface area contributed by atoms with Gasteiger partial charge in [-0.2, -0.15) is 0 Å². The molecule has 1 aliphatic heterocycles. The topological polar surface area (TPSA) is 45.2 Å². The van der Waals surface area contributed by atoms with Crippen LogP contribution in [0.2, 0.25) is 4.34 Å². The molecule has 3 heterocycles. The van der Waals surface area contributed by atoms with E-state index >= 15 is 0 Å². The molecule has 0 aromatic carbocycles. The Bertz CT molecular complexity index is 676. The number of nitrogens with zero attached hydrogens (tertiary/aromatic N) is 2. The summed E-state index contributed by atoms with van der Waals surface area (Å²) in [5.74, 6) is 0. The fourth-order valence-electron chi connectivity index (χ4n) is 3.18. The standard InChI is InChI=1S/C18H22ClN3OS/c1-13(16-6-7-17(19)24-16)21-18(23)22-12-4-2-3-5-15(22)14-8-10-20-11-9-14/h6-11,13,15H,2-5,12H2,1H3,(H,21,23). The third-order valence-electron chi connectivity index (χ3n) is 4.47. The van der Waals surface area contributed by atoms with Gasteiger partial charge in [-0.1, -0.05) is 24.4 Å². The molecule has 2 aromatic rings. The monoisotopic (exact) mass is 363 g/mol. The maximum Gasteiger partial charge on any atom is 0.318 e. The molecule has 3 rings (SSSR count). The molecule has 24 heavy (non-hydrogen) atoms. The number of hydrogen-bond donors (Lipinski definition) is 1. The Labute approximate surface area is 151 Å². The number of halogens is 1. The van der Waals surface area contributed by atoms with Crippen LogP contribution in [0.25, 0.3) is 0 Å². The number of pyridine rings is 1. The Morgan fingerprint density at radius 3 is 2.79 bits per heavy atom. The highest BCUT2D eigenvalue weighted by atomic mass is 35.5. The molecular formula is C18H22ClN3OS. The minimum absolute atomic E-state index is 0.00395. The molecule has 0 saturated carbocycles. The summed E-state index contributed by atoms with van der Waals surface area (Å²) in [5.41, 5.74) is 1.16. The van der Waals surface area contributed by atoms with E-state index in [2.05, 4.69) is 10.3 Å². The number of urea groups is 1. The summed E-state index contributed by atoms with van der Waals surface area (Å²) < 4.78 is 0.746. The van der Waals surface area contributed by atoms with E-state index in [4.69, 9.17) is 11.6 Å². The average Bonchev–Trinajstić information content (AvgIpc) is 2.88. The maximum absolute atomic E-state index is 12.9. The predicted molar refractivity (Wildman–Crippen MR) is 98.4 cm³/mol. The van der Waals surface area contributed by atoms with Gasteiger partial charge in [-0.15, -0.1) is 11.3 Å². The van der Waals surface area contributed by atoms with E-state index in [-0.39, 0.29) is 18.1 Å². The largest absolute Gasteiger partial charge is 0.331 e. The van der Waals surface area contributed by atoms with E-state index < -0.39 is 0 Å². The lowest BCUT2D eigenvalue weighted by Crippen LogP contribution is -2.43. The lowest BCUT2D eigenvalue weighted by atomic mass is 10.0. The van der Waals surface area contributed by atoms with Gasteiger partial charge in [-0.25, -0.2) is 4.79 Å². The fourth-order valence-corrected chi connectivity index (χ4v) is 4.25. The molecule has 6 heteroatoms. The number of likely N-dealkylation sites (tertiary alicyclic amines) is 1. The first kappa shape index (κ1) is 17.2. The second kappa shape index (κ2) is 7.99. The first-order valence-electron chi connectivity index (χ1n) is 8.37. The summed E-state index contributed by atoms with van der Waals surface area (Å²) in [7, 11) is 0. The number of hydrogen-bond acceptors (Lipinski definition) is 3. The van der Waals surface area contributed by atoms with Gasteiger partial charge in [0.2, 0.25) is 0 Å². The third kappa shape index (κ3) is 4.08. The zero-order chi connectivity index (χ0) is 16.9. The Morgan fingerprint density at radius 1 is 1.29 bits per heavy atom. The number of amides is 2. The fraction of sp³-hybridized carbons (Fsp3) is 0.444. The highest BCUT2D eigenvalue weighted by Crippen LogP contribution is 2.31. The molecular weight excluding hydrogens is 342 g/mol. The summed E-state index contributed by atoms with van der Waals surface area (Å²) >= 11 is 7.51. The first-order valence-corrected chi connectivity index (χ1v) is 9.57. The van der Waals surface area contributed by atoms with Crippen LogP contribution >= 0.6 is 22.9 Å². The quantitative estimate of drug-likeness (QED) is 0.816. The zero-order valence-corrected chi connectivity index (χ0v) is 15.3. The zero-order valence-electron chi connectivity index (χ0n) is 13.7. The Morgan fingerprint density at radius 2 is 2.08 bits per heavy atom. The number of thiophene rings is 1. The molecule has 128 valence electrons. The van der Waals surface area contributed by atoms with Crippen LogP contribution in [0.15, 0.2) is 36.7 Å². The smallest absolute Gasteiger partial charge is 0.318 e. The van der Waals surface area contributed by atoms with Crippen molar-refractivity contribution >= 4 is 29.0 Å². The molecule has 1 fully saturated rings. The lowest BCUT2D eigenvalue weighted by Gasteiger charge is -2.31. The number of carbonyl (C=O) groups excluding carboxylic acids is 1. The van der Waals surface area contributed by atoms with Gasteiger partial charge in [-0.3, -0.25) is 4.98 Å². The number of carbonyl (C=O) groups is 1. The van der Waals surface area contributed by atoms with E-state index in [9.17, 15) is 4.79 Å². The SMILES string of the molecule is CC(NC(=O)N1CCCCCC1c1ccncc1)c1ccc(Cl)s1. The van der Waals surface area contributed by atoms with E-state index in [0.717, 1.165) is 40.6 Å². The molecule has 1 N–H and O–H groups in total. The maximum atomic E-state index is 12.9. The van der Waals surface area contributed by atoms with Gasteiger partial charge in [-0.05, 0) is 49.6 Å². The molecule has 2 aromatic heterocycles. The average molecular weight is 364 g/mol. The summed E-state index contributed by atoms with van der Waals surface area (Å²) in [5, 5.41) is 3.13. The molecule has 1 saturated heterocycles. The summed E-state index contributed by atoms with van der Waals surface area (Å²) in [6.45, 7) is 2.79. The Hall–Kier alpha value is -1.59. The van der Waals surface area contributed by atoms with Crippen LogP contribution in [0.1, 0.15) is 55.1 Å². The van der Waals surface area contributed by atoms with Crippen LogP contribution in [0.3, 0.4) is 0 Å². The van der Waals surface area contributed by atoms with Crippen molar-refractivity contribution in [1.82, 2.24) is 15.2 Å². The van der Waals surface area contributed by atoms with Crippen molar-refractivity contribution < 1.29 is 4.79 Å². The van der Waals surface area contributed by atoms with Crippen LogP contribution in [0.4, 0.5) is 4.79 Å². The van der Waals surface area contributed by atoms with Gasteiger partial charge in [0.25, 0.3) is 0 Å². The normalized spacial score (nSPS) is 19.6. The predicted octanol–water partition coefficient (Wildman–Crippen LogP) is 5.18. The second-order valence-corrected chi connectivity index (χ2v) is 7.90. The molecule has 2 amide bonds. The van der Waals surface area contributed by atoms with Gasteiger partial charge >= 0.3 is 6.03 Å². The molecule has 2 atom stereocenters. The van der Waals surface area contributed by atoms with Crippen LogP contribution < -0.4 is 5.32 Å². The van der Waals surface area contributed by atoms with Crippen LogP contribution in [-0.2, 0) is 0 Å². The van der Waals surface area contributed by atoms with Crippen molar-refractivity contribution in [3.63, 3.8) is 0 Å². The van der Waals surface area contributed by atoms with Crippen molar-refractivity contribution in [3.05, 3.63) is 51.4 Å². The molecule has 0 bridgehead atoms. The highest BCUT2D eigenvalue weighted by molar-refractivity contribution is 7.16. The van der Waals surface area contributed by atoms with Crippen LogP contribution in [-0.4, -0.2) is 22.5 Å². The van der Waals surface area contributed by atoms with E-state index in [1.165, 1.54) is 17.8 Å². The number of rotatable bonds is 3. The molecule has 2 unspecified atom stereocenters. The minimum atomic E-state index is -0.0451.